The molecule has 5 rings (SSSR count). The molecule has 0 saturated carbocycles. The fourth-order valence-corrected chi connectivity index (χ4v) is 4.78. The van der Waals surface area contributed by atoms with Gasteiger partial charge in [-0.1, -0.05) is 72.8 Å². The van der Waals surface area contributed by atoms with Gasteiger partial charge in [-0.15, -0.1) is 0 Å². The number of carbonyl (C=O) groups excluding carboxylic acids is 1. The number of aromatic nitrogens is 2. The van der Waals surface area contributed by atoms with E-state index >= 15 is 0 Å². The zero-order chi connectivity index (χ0) is 25.1. The van der Waals surface area contributed by atoms with Crippen molar-refractivity contribution in [3.63, 3.8) is 0 Å². The van der Waals surface area contributed by atoms with Crippen molar-refractivity contribution < 1.29 is 9.18 Å². The Kier molecular flexibility index (Phi) is 6.73. The summed E-state index contributed by atoms with van der Waals surface area (Å²) < 4.78 is 15.7. The van der Waals surface area contributed by atoms with Crippen LogP contribution in [-0.2, 0) is 0 Å². The van der Waals surface area contributed by atoms with E-state index in [-0.39, 0.29) is 17.4 Å². The van der Waals surface area contributed by atoms with Crippen LogP contribution in [0.2, 0.25) is 0 Å². The van der Waals surface area contributed by atoms with Crippen LogP contribution in [-0.4, -0.2) is 51.7 Å². The maximum atomic E-state index is 14.4. The summed E-state index contributed by atoms with van der Waals surface area (Å²) in [5, 5.41) is 4.29. The Morgan fingerprint density at radius 2 is 1.39 bits per heavy atom. The molecular formula is C29H27FN4O2. The predicted molar refractivity (Wildman–Crippen MR) is 137 cm³/mol. The number of amides is 1. The molecule has 0 aliphatic carbocycles. The van der Waals surface area contributed by atoms with Crippen molar-refractivity contribution in [3.8, 4) is 5.69 Å². The summed E-state index contributed by atoms with van der Waals surface area (Å²) in [4.78, 5) is 30.1. The van der Waals surface area contributed by atoms with E-state index in [1.54, 1.807) is 30.0 Å². The van der Waals surface area contributed by atoms with Crippen molar-refractivity contribution in [2.45, 2.75) is 13.0 Å². The standard InChI is InChI=1S/C29H27FN4O2/c1-21-20-26(35)27(31-34(21)25-15-9-8-14-24(25)30)29(36)33-18-16-32(17-19-33)28(22-10-4-2-5-11-22)23-12-6-3-7-13-23/h2-15,20,28H,16-19H2,1H3. The van der Waals surface area contributed by atoms with Crippen LogP contribution in [0.5, 0.6) is 0 Å². The number of aryl methyl sites for hydroxylation is 1. The number of benzene rings is 3. The Hall–Kier alpha value is -4.10. The normalized spacial score (nSPS) is 14.2. The van der Waals surface area contributed by atoms with Gasteiger partial charge in [0.1, 0.15) is 11.5 Å². The molecule has 0 atom stereocenters. The molecule has 1 aliphatic heterocycles. The third-order valence-electron chi connectivity index (χ3n) is 6.59. The maximum Gasteiger partial charge on any atom is 0.278 e. The molecule has 0 bridgehead atoms. The number of carbonyl (C=O) groups is 1. The van der Waals surface area contributed by atoms with Crippen molar-refractivity contribution >= 4 is 5.91 Å². The number of hydrogen-bond acceptors (Lipinski definition) is 4. The molecule has 1 amide bonds. The quantitative estimate of drug-likeness (QED) is 0.427. The number of rotatable bonds is 5. The minimum Gasteiger partial charge on any atom is -0.335 e. The smallest absolute Gasteiger partial charge is 0.278 e. The highest BCUT2D eigenvalue weighted by atomic mass is 19.1. The first-order valence-corrected chi connectivity index (χ1v) is 12.0. The third kappa shape index (κ3) is 4.70. The molecule has 0 spiro atoms. The van der Waals surface area contributed by atoms with Gasteiger partial charge in [0.05, 0.1) is 6.04 Å². The summed E-state index contributed by atoms with van der Waals surface area (Å²) in [5.74, 6) is -0.905. The SMILES string of the molecule is Cc1cc(=O)c(C(=O)N2CCN(C(c3ccccc3)c3ccccc3)CC2)nn1-c1ccccc1F. The summed E-state index contributed by atoms with van der Waals surface area (Å²) in [6.07, 6.45) is 0. The van der Waals surface area contributed by atoms with Crippen LogP contribution in [0, 0.1) is 12.7 Å². The van der Waals surface area contributed by atoms with E-state index in [1.165, 1.54) is 27.9 Å². The Balaban J connectivity index is 1.38. The van der Waals surface area contributed by atoms with Crippen LogP contribution in [0.15, 0.2) is 95.8 Å². The second-order valence-corrected chi connectivity index (χ2v) is 8.91. The number of hydrogen-bond donors (Lipinski definition) is 0. The van der Waals surface area contributed by atoms with Crippen LogP contribution in [0.25, 0.3) is 5.69 Å². The lowest BCUT2D eigenvalue weighted by Crippen LogP contribution is -2.50. The van der Waals surface area contributed by atoms with E-state index < -0.39 is 17.2 Å². The molecule has 3 aromatic carbocycles. The average molecular weight is 483 g/mol. The second kappa shape index (κ2) is 10.3. The van der Waals surface area contributed by atoms with Crippen molar-refractivity contribution in [1.82, 2.24) is 19.6 Å². The Morgan fingerprint density at radius 3 is 1.97 bits per heavy atom. The van der Waals surface area contributed by atoms with Gasteiger partial charge in [0.25, 0.3) is 5.91 Å². The van der Waals surface area contributed by atoms with Gasteiger partial charge < -0.3 is 4.90 Å². The highest BCUT2D eigenvalue weighted by Crippen LogP contribution is 2.29. The highest BCUT2D eigenvalue weighted by Gasteiger charge is 2.30. The summed E-state index contributed by atoms with van der Waals surface area (Å²) in [6.45, 7) is 3.88. The van der Waals surface area contributed by atoms with Gasteiger partial charge in [-0.05, 0) is 30.2 Å². The number of halogens is 1. The Bertz CT molecular complexity index is 1370. The molecule has 1 aliphatic rings. The van der Waals surface area contributed by atoms with E-state index in [9.17, 15) is 14.0 Å². The third-order valence-corrected chi connectivity index (χ3v) is 6.59. The molecule has 0 unspecified atom stereocenters. The Labute approximate surface area is 209 Å². The van der Waals surface area contributed by atoms with E-state index in [1.807, 2.05) is 36.4 Å². The van der Waals surface area contributed by atoms with E-state index in [2.05, 4.69) is 34.3 Å². The van der Waals surface area contributed by atoms with Crippen LogP contribution in [0.1, 0.15) is 33.4 Å². The average Bonchev–Trinajstić information content (AvgIpc) is 2.91. The van der Waals surface area contributed by atoms with Gasteiger partial charge >= 0.3 is 0 Å². The molecule has 0 N–H and O–H groups in total. The predicted octanol–water partition coefficient (Wildman–Crippen LogP) is 4.23. The van der Waals surface area contributed by atoms with Crippen LogP contribution in [0.3, 0.4) is 0 Å². The second-order valence-electron chi connectivity index (χ2n) is 8.91. The minimum absolute atomic E-state index is 0.0698. The molecule has 1 saturated heterocycles. The van der Waals surface area contributed by atoms with E-state index in [4.69, 9.17) is 0 Å². The molecule has 36 heavy (non-hydrogen) atoms. The van der Waals surface area contributed by atoms with E-state index in [0.717, 1.165) is 0 Å². The van der Waals surface area contributed by atoms with Gasteiger partial charge in [-0.2, -0.15) is 5.10 Å². The van der Waals surface area contributed by atoms with E-state index in [0.29, 0.717) is 31.9 Å². The molecule has 6 nitrogen and oxygen atoms in total. The largest absolute Gasteiger partial charge is 0.335 e. The van der Waals surface area contributed by atoms with Crippen molar-refractivity contribution in [3.05, 3.63) is 130 Å². The molecule has 1 fully saturated rings. The van der Waals surface area contributed by atoms with Gasteiger partial charge in [0.15, 0.2) is 5.69 Å². The first-order chi connectivity index (χ1) is 17.5. The summed E-state index contributed by atoms with van der Waals surface area (Å²) in [5.41, 5.74) is 2.38. The van der Waals surface area contributed by atoms with Crippen molar-refractivity contribution in [2.24, 2.45) is 0 Å². The molecule has 2 heterocycles. The van der Waals surface area contributed by atoms with Gasteiger partial charge in [0, 0.05) is 37.9 Å². The van der Waals surface area contributed by atoms with Crippen molar-refractivity contribution in [2.75, 3.05) is 26.2 Å². The molecule has 0 radical (unpaired) electrons. The van der Waals surface area contributed by atoms with Gasteiger partial charge in [-0.3, -0.25) is 14.5 Å². The monoisotopic (exact) mass is 482 g/mol. The fraction of sp³-hybridized carbons (Fsp3) is 0.207. The summed E-state index contributed by atoms with van der Waals surface area (Å²) in [7, 11) is 0. The first kappa shape index (κ1) is 23.6. The van der Waals surface area contributed by atoms with Crippen molar-refractivity contribution in [1.29, 1.82) is 0 Å². The molecule has 7 heteroatoms. The fourth-order valence-electron chi connectivity index (χ4n) is 4.78. The maximum absolute atomic E-state index is 14.4. The minimum atomic E-state index is -0.475. The zero-order valence-electron chi connectivity index (χ0n) is 20.0. The topological polar surface area (TPSA) is 58.4 Å². The van der Waals surface area contributed by atoms with Gasteiger partial charge in [-0.25, -0.2) is 9.07 Å². The van der Waals surface area contributed by atoms with Crippen LogP contribution in [0.4, 0.5) is 4.39 Å². The number of nitrogens with zero attached hydrogens (tertiary/aromatic N) is 4. The lowest BCUT2D eigenvalue weighted by atomic mass is 9.96. The van der Waals surface area contributed by atoms with Crippen LogP contribution < -0.4 is 5.43 Å². The summed E-state index contributed by atoms with van der Waals surface area (Å²) >= 11 is 0. The van der Waals surface area contributed by atoms with Crippen LogP contribution >= 0.6 is 0 Å². The molecule has 1 aromatic heterocycles. The first-order valence-electron chi connectivity index (χ1n) is 12.0. The van der Waals surface area contributed by atoms with Gasteiger partial charge in [0.2, 0.25) is 5.43 Å². The molecule has 182 valence electrons. The summed E-state index contributed by atoms with van der Waals surface area (Å²) in [6, 6.07) is 28.2. The lowest BCUT2D eigenvalue weighted by molar-refractivity contribution is 0.0588. The molecule has 4 aromatic rings. The zero-order valence-corrected chi connectivity index (χ0v) is 20.0. The highest BCUT2D eigenvalue weighted by molar-refractivity contribution is 5.92. The number of para-hydroxylation sites is 1. The lowest BCUT2D eigenvalue weighted by Gasteiger charge is -2.39. The number of piperazine rings is 1. The Morgan fingerprint density at radius 1 is 0.833 bits per heavy atom. The molecular weight excluding hydrogens is 455 g/mol.